The summed E-state index contributed by atoms with van der Waals surface area (Å²) in [6.45, 7) is 6.97. The zero-order valence-electron chi connectivity index (χ0n) is 5.70. The number of hydrogen-bond acceptors (Lipinski definition) is 0. The van der Waals surface area contributed by atoms with Crippen LogP contribution in [0.2, 0.25) is 15.8 Å². The summed E-state index contributed by atoms with van der Waals surface area (Å²) in [4.78, 5) is 0. The van der Waals surface area contributed by atoms with E-state index in [-0.39, 0.29) is 33.9 Å². The molecule has 0 unspecified atom stereocenters. The summed E-state index contributed by atoms with van der Waals surface area (Å²) in [6.07, 6.45) is 0. The third-order valence-corrected chi connectivity index (χ3v) is 5.20. The molecule has 0 aliphatic rings. The van der Waals surface area contributed by atoms with Crippen LogP contribution in [0.4, 0.5) is 0 Å². The van der Waals surface area contributed by atoms with Gasteiger partial charge in [-0.25, -0.2) is 0 Å². The van der Waals surface area contributed by atoms with E-state index in [4.69, 9.17) is 0 Å². The summed E-state index contributed by atoms with van der Waals surface area (Å²) in [6, 6.07) is 0. The number of rotatable bonds is 3. The molecule has 0 atom stereocenters. The first-order valence-corrected chi connectivity index (χ1v) is 5.80. The number of hydrogen-bond donors (Lipinski definition) is 0. The summed E-state index contributed by atoms with van der Waals surface area (Å²) in [5, 5.41) is 4.48. The topological polar surface area (TPSA) is 0 Å². The molecule has 0 rings (SSSR count). The zero-order valence-corrected chi connectivity index (χ0v) is 6.85. The van der Waals surface area contributed by atoms with Crippen molar-refractivity contribution in [3.05, 3.63) is 0 Å². The van der Waals surface area contributed by atoms with Crippen LogP contribution in [0.15, 0.2) is 0 Å². The minimum absolute atomic E-state index is 0. The Morgan fingerprint density at radius 1 is 0.875 bits per heavy atom. The zero-order chi connectivity index (χ0) is 5.70. The molecule has 0 aromatic carbocycles. The van der Waals surface area contributed by atoms with Gasteiger partial charge in [-0.05, 0) is 0 Å². The fourth-order valence-electron chi connectivity index (χ4n) is 0.866. The SMILES string of the molecule is C[CH2][Al]([CH2]C)[CH2]C.[GaH3]. The van der Waals surface area contributed by atoms with Gasteiger partial charge in [-0.2, -0.15) is 0 Å². The van der Waals surface area contributed by atoms with E-state index < -0.39 is 0 Å². The molecular formula is C6H18AlGa. The Morgan fingerprint density at radius 3 is 1.12 bits per heavy atom. The molecule has 0 spiro atoms. The summed E-state index contributed by atoms with van der Waals surface area (Å²) in [5.41, 5.74) is 0. The monoisotopic (exact) mass is 186 g/mol. The van der Waals surface area contributed by atoms with Gasteiger partial charge in [-0.15, -0.1) is 0 Å². The van der Waals surface area contributed by atoms with E-state index in [0.29, 0.717) is 0 Å². The Morgan fingerprint density at radius 2 is 1.12 bits per heavy atom. The van der Waals surface area contributed by atoms with Crippen molar-refractivity contribution in [3.63, 3.8) is 0 Å². The van der Waals surface area contributed by atoms with E-state index in [9.17, 15) is 0 Å². The quantitative estimate of drug-likeness (QED) is 0.585. The Labute approximate surface area is 70.5 Å². The van der Waals surface area contributed by atoms with Gasteiger partial charge in [0.2, 0.25) is 0 Å². The molecule has 0 N–H and O–H groups in total. The van der Waals surface area contributed by atoms with E-state index in [2.05, 4.69) is 20.8 Å². The van der Waals surface area contributed by atoms with Crippen LogP contribution < -0.4 is 0 Å². The van der Waals surface area contributed by atoms with Gasteiger partial charge in [-0.3, -0.25) is 0 Å². The molecule has 0 saturated heterocycles. The molecule has 0 saturated carbocycles. The molecule has 0 aliphatic heterocycles. The Kier molecular flexibility index (Phi) is 12.2. The molecule has 0 aromatic rings. The Hall–Kier alpha value is 1.17. The molecule has 0 amide bonds. The van der Waals surface area contributed by atoms with E-state index in [0.717, 1.165) is 0 Å². The van der Waals surface area contributed by atoms with Crippen molar-refractivity contribution < 1.29 is 0 Å². The van der Waals surface area contributed by atoms with Crippen LogP contribution >= 0.6 is 0 Å². The molecule has 0 nitrogen and oxygen atoms in total. The van der Waals surface area contributed by atoms with Crippen LogP contribution in [0.1, 0.15) is 20.8 Å². The Balaban J connectivity index is 0. The normalized spacial score (nSPS) is 7.88. The molecule has 8 heavy (non-hydrogen) atoms. The predicted octanol–water partition coefficient (Wildman–Crippen LogP) is 1.36. The molecule has 0 heterocycles. The first kappa shape index (κ1) is 11.9. The molecule has 0 aliphatic carbocycles. The fourth-order valence-corrected chi connectivity index (χ4v) is 2.60. The first-order chi connectivity index (χ1) is 3.35. The van der Waals surface area contributed by atoms with Gasteiger partial charge in [0.25, 0.3) is 14.1 Å². The average Bonchev–Trinajstić information content (AvgIpc) is 1.72. The molecule has 0 aromatic heterocycles. The van der Waals surface area contributed by atoms with Crippen molar-refractivity contribution in [2.24, 2.45) is 0 Å². The average molecular weight is 187 g/mol. The third-order valence-electron chi connectivity index (χ3n) is 1.73. The van der Waals surface area contributed by atoms with Crippen molar-refractivity contribution >= 4 is 33.9 Å². The van der Waals surface area contributed by atoms with Crippen LogP contribution in [0, 0.1) is 0 Å². The molecular weight excluding hydrogens is 169 g/mol. The maximum atomic E-state index is 2.32. The van der Waals surface area contributed by atoms with Gasteiger partial charge in [0, 0.05) is 0 Å². The van der Waals surface area contributed by atoms with Gasteiger partial charge in [0.05, 0.1) is 0 Å². The van der Waals surface area contributed by atoms with E-state index in [1.165, 1.54) is 15.8 Å². The van der Waals surface area contributed by atoms with Gasteiger partial charge in [0.1, 0.15) is 0 Å². The van der Waals surface area contributed by atoms with Crippen LogP contribution in [-0.4, -0.2) is 33.9 Å². The van der Waals surface area contributed by atoms with Gasteiger partial charge in [0.15, 0.2) is 0 Å². The second-order valence-electron chi connectivity index (χ2n) is 2.09. The standard InChI is InChI=1S/3C2H5.Al.Ga.3H/c3*1-2;;;;;/h3*1H2,2H3;;;;;. The van der Waals surface area contributed by atoms with Crippen molar-refractivity contribution in [1.82, 2.24) is 0 Å². The van der Waals surface area contributed by atoms with Crippen LogP contribution in [-0.2, 0) is 0 Å². The molecule has 2 heteroatoms. The summed E-state index contributed by atoms with van der Waals surface area (Å²) in [5.74, 6) is 0. The summed E-state index contributed by atoms with van der Waals surface area (Å²) >= 11 is -0.171. The maximum absolute atomic E-state index is 2.32. The van der Waals surface area contributed by atoms with E-state index >= 15 is 0 Å². The van der Waals surface area contributed by atoms with Gasteiger partial charge < -0.3 is 0 Å². The van der Waals surface area contributed by atoms with Crippen LogP contribution in [0.5, 0.6) is 0 Å². The van der Waals surface area contributed by atoms with Crippen LogP contribution in [0.3, 0.4) is 0 Å². The van der Waals surface area contributed by atoms with E-state index in [1.54, 1.807) is 0 Å². The fraction of sp³-hybridized carbons (Fsp3) is 1.00. The van der Waals surface area contributed by atoms with Crippen molar-refractivity contribution in [1.29, 1.82) is 0 Å². The minimum atomic E-state index is -0.171. The molecule has 48 valence electrons. The molecule has 0 bridgehead atoms. The van der Waals surface area contributed by atoms with Crippen LogP contribution in [0.25, 0.3) is 0 Å². The second kappa shape index (κ2) is 8.17. The third kappa shape index (κ3) is 5.31. The Bertz CT molecular complexity index is 30.0. The van der Waals surface area contributed by atoms with Crippen molar-refractivity contribution in [2.75, 3.05) is 0 Å². The molecule has 0 radical (unpaired) electrons. The second-order valence-corrected chi connectivity index (χ2v) is 6.27. The first-order valence-electron chi connectivity index (χ1n) is 3.35. The summed E-state index contributed by atoms with van der Waals surface area (Å²) < 4.78 is 0. The summed E-state index contributed by atoms with van der Waals surface area (Å²) in [7, 11) is 0. The molecule has 0 fully saturated rings. The van der Waals surface area contributed by atoms with Crippen molar-refractivity contribution in [2.45, 2.75) is 36.6 Å². The van der Waals surface area contributed by atoms with Gasteiger partial charge >= 0.3 is 19.8 Å². The van der Waals surface area contributed by atoms with Crippen molar-refractivity contribution in [3.8, 4) is 0 Å². The van der Waals surface area contributed by atoms with E-state index in [1.807, 2.05) is 0 Å². The van der Waals surface area contributed by atoms with Gasteiger partial charge in [-0.1, -0.05) is 36.6 Å². The predicted molar refractivity (Wildman–Crippen MR) is 47.1 cm³/mol.